The molecule has 2 atom stereocenters. The third kappa shape index (κ3) is 2.92. The van der Waals surface area contributed by atoms with Crippen LogP contribution in [0, 0.1) is 13.8 Å². The van der Waals surface area contributed by atoms with Gasteiger partial charge in [-0.25, -0.2) is 4.98 Å². The highest BCUT2D eigenvalue weighted by Gasteiger charge is 2.44. The Kier molecular flexibility index (Phi) is 4.37. The Morgan fingerprint density at radius 1 is 1.14 bits per heavy atom. The van der Waals surface area contributed by atoms with Gasteiger partial charge in [-0.1, -0.05) is 29.8 Å². The lowest BCUT2D eigenvalue weighted by molar-refractivity contribution is -0.0569. The number of carbonyl (C=O) groups is 1. The van der Waals surface area contributed by atoms with Gasteiger partial charge in [-0.05, 0) is 37.6 Å². The van der Waals surface area contributed by atoms with Crippen molar-refractivity contribution in [2.45, 2.75) is 32.5 Å². The minimum absolute atomic E-state index is 0.0959. The zero-order valence-electron chi connectivity index (χ0n) is 16.2. The summed E-state index contributed by atoms with van der Waals surface area (Å²) in [6, 6.07) is 10.9. The van der Waals surface area contributed by atoms with Crippen molar-refractivity contribution in [3.05, 3.63) is 64.1 Å². The number of aryl methyl sites for hydroxylation is 2. The number of hydrogen-bond donors (Lipinski definition) is 0. The minimum Gasteiger partial charge on any atom is -0.377 e. The van der Waals surface area contributed by atoms with Crippen LogP contribution in [0.3, 0.4) is 0 Å². The summed E-state index contributed by atoms with van der Waals surface area (Å²) in [6.45, 7) is 5.25. The smallest absolute Gasteiger partial charge is 0.256 e. The molecule has 5 rings (SSSR count). The van der Waals surface area contributed by atoms with Crippen LogP contribution in [0.25, 0.3) is 11.5 Å². The maximum absolute atomic E-state index is 13.4. The summed E-state index contributed by atoms with van der Waals surface area (Å²) in [6.07, 6.45) is 0. The Labute approximate surface area is 173 Å². The van der Waals surface area contributed by atoms with Crippen molar-refractivity contribution in [1.29, 1.82) is 0 Å². The molecule has 0 saturated carbocycles. The van der Waals surface area contributed by atoms with Crippen molar-refractivity contribution in [1.82, 2.24) is 24.6 Å². The molecule has 7 nitrogen and oxygen atoms in total. The number of carbonyl (C=O) groups excluding carboxylic acids is 1. The van der Waals surface area contributed by atoms with Crippen LogP contribution in [0.5, 0.6) is 0 Å². The van der Waals surface area contributed by atoms with E-state index < -0.39 is 0 Å². The zero-order chi connectivity index (χ0) is 20.1. The molecular formula is C21H20ClN5O2. The van der Waals surface area contributed by atoms with Gasteiger partial charge in [-0.3, -0.25) is 4.79 Å². The average Bonchev–Trinajstić information content (AvgIpc) is 3.12. The Morgan fingerprint density at radius 2 is 1.97 bits per heavy atom. The second-order valence-electron chi connectivity index (χ2n) is 7.51. The molecular weight excluding hydrogens is 390 g/mol. The van der Waals surface area contributed by atoms with E-state index in [0.29, 0.717) is 30.3 Å². The Morgan fingerprint density at radius 3 is 2.79 bits per heavy atom. The van der Waals surface area contributed by atoms with Gasteiger partial charge in [0.2, 0.25) is 0 Å². The first-order valence-corrected chi connectivity index (χ1v) is 9.95. The number of benzene rings is 1. The summed E-state index contributed by atoms with van der Waals surface area (Å²) >= 11 is 6.44. The maximum Gasteiger partial charge on any atom is 0.256 e. The molecule has 1 fully saturated rings. The molecule has 2 bridgehead atoms. The molecule has 29 heavy (non-hydrogen) atoms. The fourth-order valence-electron chi connectivity index (χ4n) is 4.14. The molecule has 3 aromatic rings. The highest BCUT2D eigenvalue weighted by Crippen LogP contribution is 2.36. The minimum atomic E-state index is -0.308. The number of pyridine rings is 1. The first-order chi connectivity index (χ1) is 14.0. The summed E-state index contributed by atoms with van der Waals surface area (Å²) in [5.41, 5.74) is 3.10. The Bertz CT molecular complexity index is 1110. The molecule has 0 N–H and O–H groups in total. The SMILES string of the molecule is Cc1cccc(-c2nnc3n2C[C@@H]2COC[C@H]3N2C(=O)c2cccc(C)c2Cl)n1. The number of morpholine rings is 1. The van der Waals surface area contributed by atoms with Crippen LogP contribution in [0.2, 0.25) is 5.02 Å². The van der Waals surface area contributed by atoms with Crippen LogP contribution in [-0.4, -0.2) is 49.8 Å². The van der Waals surface area contributed by atoms with E-state index in [2.05, 4.69) is 19.7 Å². The van der Waals surface area contributed by atoms with Crippen LogP contribution < -0.4 is 0 Å². The highest BCUT2D eigenvalue weighted by molar-refractivity contribution is 6.34. The number of hydrogen-bond acceptors (Lipinski definition) is 5. The van der Waals surface area contributed by atoms with Crippen LogP contribution in [0.15, 0.2) is 36.4 Å². The maximum atomic E-state index is 13.4. The van der Waals surface area contributed by atoms with E-state index in [1.54, 1.807) is 6.07 Å². The average molecular weight is 410 g/mol. The number of halogens is 1. The van der Waals surface area contributed by atoms with E-state index in [-0.39, 0.29) is 18.0 Å². The van der Waals surface area contributed by atoms with Gasteiger partial charge in [0, 0.05) is 12.2 Å². The van der Waals surface area contributed by atoms with Crippen molar-refractivity contribution in [3.8, 4) is 11.5 Å². The fraction of sp³-hybridized carbons (Fsp3) is 0.333. The molecule has 2 aliphatic rings. The number of nitrogens with zero attached hydrogens (tertiary/aromatic N) is 5. The molecule has 4 heterocycles. The van der Waals surface area contributed by atoms with Gasteiger partial charge in [0.25, 0.3) is 5.91 Å². The predicted molar refractivity (Wildman–Crippen MR) is 108 cm³/mol. The zero-order valence-corrected chi connectivity index (χ0v) is 16.9. The van der Waals surface area contributed by atoms with Crippen LogP contribution >= 0.6 is 11.6 Å². The lowest BCUT2D eigenvalue weighted by atomic mass is 10.0. The largest absolute Gasteiger partial charge is 0.377 e. The first kappa shape index (κ1) is 18.3. The van der Waals surface area contributed by atoms with Crippen LogP contribution in [0.4, 0.5) is 0 Å². The van der Waals surface area contributed by atoms with Crippen molar-refractivity contribution in [2.24, 2.45) is 0 Å². The van der Waals surface area contributed by atoms with E-state index in [9.17, 15) is 4.79 Å². The first-order valence-electron chi connectivity index (χ1n) is 9.57. The molecule has 0 spiro atoms. The van der Waals surface area contributed by atoms with Crippen LogP contribution in [0.1, 0.15) is 33.5 Å². The predicted octanol–water partition coefficient (Wildman–Crippen LogP) is 3.21. The topological polar surface area (TPSA) is 73.1 Å². The van der Waals surface area contributed by atoms with Crippen LogP contribution in [-0.2, 0) is 11.3 Å². The fourth-order valence-corrected chi connectivity index (χ4v) is 4.35. The number of fused-ring (bicyclic) bond motifs is 4. The van der Waals surface area contributed by atoms with Gasteiger partial charge in [-0.2, -0.15) is 0 Å². The standard InChI is InChI=1S/C21H20ClN5O2/c1-12-5-3-7-15(18(12)22)21(28)27-14-9-26-19(16-8-4-6-13(2)23-16)24-25-20(26)17(27)11-29-10-14/h3-8,14,17H,9-11H2,1-2H3/t14-,17-/m1/s1. The summed E-state index contributed by atoms with van der Waals surface area (Å²) in [5, 5.41) is 9.31. The molecule has 0 unspecified atom stereocenters. The van der Waals surface area contributed by atoms with E-state index in [4.69, 9.17) is 16.3 Å². The molecule has 8 heteroatoms. The van der Waals surface area contributed by atoms with E-state index in [1.165, 1.54) is 0 Å². The van der Waals surface area contributed by atoms with Gasteiger partial charge >= 0.3 is 0 Å². The second kappa shape index (κ2) is 6.93. The molecule has 0 radical (unpaired) electrons. The van der Waals surface area contributed by atoms with E-state index in [1.807, 2.05) is 49.1 Å². The third-order valence-electron chi connectivity index (χ3n) is 5.56. The van der Waals surface area contributed by atoms with E-state index in [0.717, 1.165) is 28.6 Å². The normalized spacial score (nSPS) is 20.4. The quantitative estimate of drug-likeness (QED) is 0.649. The van der Waals surface area contributed by atoms with Gasteiger partial charge in [-0.15, -0.1) is 10.2 Å². The summed E-state index contributed by atoms with van der Waals surface area (Å²) in [7, 11) is 0. The lowest BCUT2D eigenvalue weighted by Crippen LogP contribution is -2.56. The van der Waals surface area contributed by atoms with Crippen molar-refractivity contribution in [3.63, 3.8) is 0 Å². The molecule has 1 amide bonds. The number of ether oxygens (including phenoxy) is 1. The molecule has 148 valence electrons. The van der Waals surface area contributed by atoms with Crippen molar-refractivity contribution < 1.29 is 9.53 Å². The van der Waals surface area contributed by atoms with Gasteiger partial charge < -0.3 is 14.2 Å². The number of aromatic nitrogens is 4. The highest BCUT2D eigenvalue weighted by atomic mass is 35.5. The number of amides is 1. The third-order valence-corrected chi connectivity index (χ3v) is 6.06. The lowest BCUT2D eigenvalue weighted by Gasteiger charge is -2.45. The Balaban J connectivity index is 1.56. The Hall–Kier alpha value is -2.77. The summed E-state index contributed by atoms with van der Waals surface area (Å²) < 4.78 is 7.84. The number of rotatable bonds is 2. The molecule has 2 aromatic heterocycles. The summed E-state index contributed by atoms with van der Waals surface area (Å²) in [4.78, 5) is 19.9. The van der Waals surface area contributed by atoms with Gasteiger partial charge in [0.05, 0.1) is 29.8 Å². The molecule has 0 aliphatic carbocycles. The van der Waals surface area contributed by atoms with Crippen molar-refractivity contribution >= 4 is 17.5 Å². The monoisotopic (exact) mass is 409 g/mol. The second-order valence-corrected chi connectivity index (χ2v) is 7.89. The molecule has 1 aromatic carbocycles. The molecule has 1 saturated heterocycles. The van der Waals surface area contributed by atoms with Gasteiger partial charge in [0.15, 0.2) is 11.6 Å². The van der Waals surface area contributed by atoms with E-state index >= 15 is 0 Å². The van der Waals surface area contributed by atoms with Crippen molar-refractivity contribution in [2.75, 3.05) is 13.2 Å². The summed E-state index contributed by atoms with van der Waals surface area (Å²) in [5.74, 6) is 1.35. The molecule has 2 aliphatic heterocycles. The van der Waals surface area contributed by atoms with Gasteiger partial charge in [0.1, 0.15) is 11.7 Å².